The predicted molar refractivity (Wildman–Crippen MR) is 144 cm³/mol. The molecule has 2 fully saturated rings. The van der Waals surface area contributed by atoms with Crippen LogP contribution in [0.1, 0.15) is 48.9 Å². The van der Waals surface area contributed by atoms with Crippen LogP contribution in [0.4, 0.5) is 23.2 Å². The number of alkyl halides is 3. The smallest absolute Gasteiger partial charge is 0.496 e. The van der Waals surface area contributed by atoms with Gasteiger partial charge in [0.05, 0.1) is 29.6 Å². The maximum atomic E-state index is 14.8. The normalized spacial score (nSPS) is 23.9. The summed E-state index contributed by atoms with van der Waals surface area (Å²) in [5.41, 5.74) is -5.60. The number of halogens is 4. The Balaban J connectivity index is 1.35. The van der Waals surface area contributed by atoms with Crippen molar-refractivity contribution in [3.05, 3.63) is 59.9 Å². The van der Waals surface area contributed by atoms with Crippen molar-refractivity contribution in [3.63, 3.8) is 0 Å². The molecular weight excluding hydrogens is 580 g/mol. The second-order valence-corrected chi connectivity index (χ2v) is 12.7. The molecular formula is C29H30F4N2O6S. The Bertz CT molecular complexity index is 1500. The number of rotatable bonds is 8. The van der Waals surface area contributed by atoms with Gasteiger partial charge in [-0.3, -0.25) is 9.59 Å². The number of carbonyl (C=O) groups excluding carboxylic acids is 2. The minimum absolute atomic E-state index is 0.0108. The molecule has 0 aliphatic heterocycles. The maximum absolute atomic E-state index is 14.8. The van der Waals surface area contributed by atoms with Gasteiger partial charge in [0, 0.05) is 17.8 Å². The van der Waals surface area contributed by atoms with E-state index >= 15 is 0 Å². The highest BCUT2D eigenvalue weighted by molar-refractivity contribution is 7.92. The molecule has 2 aromatic rings. The first-order valence-electron chi connectivity index (χ1n) is 13.6. The quantitative estimate of drug-likeness (QED) is 0.306. The van der Waals surface area contributed by atoms with Gasteiger partial charge in [0.25, 0.3) is 15.7 Å². The number of hydrogen-bond acceptors (Lipinski definition) is 6. The van der Waals surface area contributed by atoms with Crippen LogP contribution in [-0.2, 0) is 14.6 Å². The van der Waals surface area contributed by atoms with Gasteiger partial charge >= 0.3 is 5.51 Å². The summed E-state index contributed by atoms with van der Waals surface area (Å²) in [4.78, 5) is 25.9. The van der Waals surface area contributed by atoms with E-state index in [1.807, 2.05) is 12.2 Å². The molecule has 8 nitrogen and oxygen atoms in total. The molecule has 3 aliphatic rings. The van der Waals surface area contributed by atoms with Crippen LogP contribution < -0.4 is 20.1 Å². The third kappa shape index (κ3) is 5.83. The van der Waals surface area contributed by atoms with Crippen LogP contribution in [0.5, 0.6) is 11.5 Å². The Morgan fingerprint density at radius 1 is 0.976 bits per heavy atom. The molecule has 226 valence electrons. The van der Waals surface area contributed by atoms with Crippen molar-refractivity contribution in [1.82, 2.24) is 5.32 Å². The summed E-state index contributed by atoms with van der Waals surface area (Å²) in [6.45, 7) is 0. The number of hydrogen-bond donors (Lipinski definition) is 2. The van der Waals surface area contributed by atoms with Gasteiger partial charge in [0.2, 0.25) is 5.91 Å². The van der Waals surface area contributed by atoms with Crippen LogP contribution in [-0.4, -0.2) is 45.0 Å². The molecule has 5 rings (SSSR count). The molecule has 0 spiro atoms. The van der Waals surface area contributed by atoms with E-state index < -0.39 is 49.8 Å². The van der Waals surface area contributed by atoms with Gasteiger partial charge in [0.15, 0.2) is 11.6 Å². The van der Waals surface area contributed by atoms with Crippen molar-refractivity contribution in [2.75, 3.05) is 12.4 Å². The van der Waals surface area contributed by atoms with Gasteiger partial charge in [-0.25, -0.2) is 12.8 Å². The molecule has 3 aliphatic carbocycles. The highest BCUT2D eigenvalue weighted by Crippen LogP contribution is 2.45. The molecule has 2 N–H and O–H groups in total. The fourth-order valence-electron chi connectivity index (χ4n) is 6.04. The van der Waals surface area contributed by atoms with Gasteiger partial charge in [-0.2, -0.15) is 13.2 Å². The van der Waals surface area contributed by atoms with Crippen molar-refractivity contribution in [3.8, 4) is 11.5 Å². The number of allylic oxidation sites excluding steroid dienone is 1. The molecule has 2 aromatic carbocycles. The summed E-state index contributed by atoms with van der Waals surface area (Å²) in [6, 6.07) is 5.61. The molecule has 0 radical (unpaired) electrons. The zero-order chi connectivity index (χ0) is 30.2. The minimum Gasteiger partial charge on any atom is -0.496 e. The first kappa shape index (κ1) is 29.9. The van der Waals surface area contributed by atoms with Crippen molar-refractivity contribution in [2.45, 2.75) is 61.1 Å². The molecule has 0 aromatic heterocycles. The van der Waals surface area contributed by atoms with Crippen molar-refractivity contribution < 1.29 is 45.0 Å². The standard InChI is InChI=1S/C29H30F4N2O6S/c1-40-23-15-22(30)24(41-19-7-3-2-4-8-19)14-21(23)27(36)35-26-17-11-10-16(12-17)25(26)28(37)34-18-6-5-9-20(13-18)42(38,39)29(31,32)33/h5-6,9-11,13-17,19,25-26H,2-4,7-8,12H2,1H3,(H,34,37)(H,35,36)/t16-,17+,25+,26-/m1/s1. The molecule has 0 heterocycles. The number of anilines is 1. The summed E-state index contributed by atoms with van der Waals surface area (Å²) < 4.78 is 88.7. The zero-order valence-corrected chi connectivity index (χ0v) is 23.4. The van der Waals surface area contributed by atoms with E-state index in [0.717, 1.165) is 56.4 Å². The van der Waals surface area contributed by atoms with Crippen molar-refractivity contribution in [1.29, 1.82) is 0 Å². The summed E-state index contributed by atoms with van der Waals surface area (Å²) in [5, 5.41) is 5.38. The Kier molecular flexibility index (Phi) is 8.23. The Labute approximate surface area is 240 Å². The average molecular weight is 611 g/mol. The number of carbonyl (C=O) groups is 2. The number of sulfone groups is 1. The van der Waals surface area contributed by atoms with E-state index in [-0.39, 0.29) is 40.7 Å². The summed E-state index contributed by atoms with van der Waals surface area (Å²) in [6.07, 6.45) is 8.72. The number of benzene rings is 2. The Morgan fingerprint density at radius 3 is 2.38 bits per heavy atom. The molecule has 2 saturated carbocycles. The maximum Gasteiger partial charge on any atom is 0.501 e. The molecule has 13 heteroatoms. The lowest BCUT2D eigenvalue weighted by atomic mass is 9.87. The molecule has 0 saturated heterocycles. The van der Waals surface area contributed by atoms with Crippen LogP contribution in [0, 0.1) is 23.6 Å². The zero-order valence-electron chi connectivity index (χ0n) is 22.6. The average Bonchev–Trinajstić information content (AvgIpc) is 3.56. The lowest BCUT2D eigenvalue weighted by molar-refractivity contribution is -0.121. The highest BCUT2D eigenvalue weighted by atomic mass is 32.2. The number of ether oxygens (including phenoxy) is 2. The molecule has 4 atom stereocenters. The molecule has 42 heavy (non-hydrogen) atoms. The summed E-state index contributed by atoms with van der Waals surface area (Å²) in [7, 11) is -4.31. The largest absolute Gasteiger partial charge is 0.501 e. The highest BCUT2D eigenvalue weighted by Gasteiger charge is 2.49. The SMILES string of the molecule is COc1cc(F)c(OC2CCCCC2)cc1C(=O)N[C@H]1[C@@H](C(=O)Nc2cccc(S(=O)(=O)C(F)(F)F)c2)[C@@H]2C=C[C@H]1C2. The van der Waals surface area contributed by atoms with Gasteiger partial charge in [-0.1, -0.05) is 24.6 Å². The van der Waals surface area contributed by atoms with E-state index in [2.05, 4.69) is 10.6 Å². The first-order chi connectivity index (χ1) is 19.9. The van der Waals surface area contributed by atoms with Gasteiger partial charge < -0.3 is 20.1 Å². The first-order valence-corrected chi connectivity index (χ1v) is 15.1. The minimum atomic E-state index is -5.61. The summed E-state index contributed by atoms with van der Waals surface area (Å²) in [5.74, 6) is -3.20. The lowest BCUT2D eigenvalue weighted by Gasteiger charge is -2.28. The lowest BCUT2D eigenvalue weighted by Crippen LogP contribution is -2.47. The fourth-order valence-corrected chi connectivity index (χ4v) is 6.85. The van der Waals surface area contributed by atoms with E-state index in [0.29, 0.717) is 6.42 Å². The number of methoxy groups -OCH3 is 1. The third-order valence-electron chi connectivity index (χ3n) is 8.12. The van der Waals surface area contributed by atoms with Gasteiger partial charge in [-0.05, 0) is 68.2 Å². The van der Waals surface area contributed by atoms with Gasteiger partial charge in [-0.15, -0.1) is 0 Å². The number of nitrogens with one attached hydrogen (secondary N) is 2. The van der Waals surface area contributed by atoms with Crippen molar-refractivity contribution in [2.24, 2.45) is 17.8 Å². The Morgan fingerprint density at radius 2 is 1.69 bits per heavy atom. The monoisotopic (exact) mass is 610 g/mol. The Hall–Kier alpha value is -3.61. The summed E-state index contributed by atoms with van der Waals surface area (Å²) >= 11 is 0. The molecule has 2 bridgehead atoms. The van der Waals surface area contributed by atoms with Crippen molar-refractivity contribution >= 4 is 27.3 Å². The number of fused-ring (bicyclic) bond motifs is 2. The van der Waals surface area contributed by atoms with E-state index in [9.17, 15) is 35.6 Å². The second kappa shape index (κ2) is 11.6. The molecule has 2 amide bonds. The molecule has 0 unspecified atom stereocenters. The fraction of sp³-hybridized carbons (Fsp3) is 0.448. The topological polar surface area (TPSA) is 111 Å². The van der Waals surface area contributed by atoms with Crippen LogP contribution in [0.2, 0.25) is 0 Å². The van der Waals surface area contributed by atoms with E-state index in [4.69, 9.17) is 9.47 Å². The predicted octanol–water partition coefficient (Wildman–Crippen LogP) is 5.40. The van der Waals surface area contributed by atoms with E-state index in [1.165, 1.54) is 19.2 Å². The van der Waals surface area contributed by atoms with E-state index in [1.54, 1.807) is 0 Å². The van der Waals surface area contributed by atoms with Crippen LogP contribution in [0.15, 0.2) is 53.4 Å². The van der Waals surface area contributed by atoms with Crippen LogP contribution >= 0.6 is 0 Å². The number of amides is 2. The third-order valence-corrected chi connectivity index (χ3v) is 9.60. The van der Waals surface area contributed by atoms with Crippen LogP contribution in [0.25, 0.3) is 0 Å². The van der Waals surface area contributed by atoms with Crippen LogP contribution in [0.3, 0.4) is 0 Å². The second-order valence-electron chi connectivity index (χ2n) is 10.8. The van der Waals surface area contributed by atoms with Gasteiger partial charge in [0.1, 0.15) is 5.75 Å².